The lowest BCUT2D eigenvalue weighted by Crippen LogP contribution is -2.43. The lowest BCUT2D eigenvalue weighted by molar-refractivity contribution is 0.125. The van der Waals surface area contributed by atoms with Gasteiger partial charge in [-0.2, -0.15) is 0 Å². The first-order valence-corrected chi connectivity index (χ1v) is 5.94. The minimum absolute atomic E-state index is 0.309. The first-order chi connectivity index (χ1) is 6.86. The van der Waals surface area contributed by atoms with E-state index in [0.717, 1.165) is 31.6 Å². The predicted molar refractivity (Wildman–Crippen MR) is 57.3 cm³/mol. The van der Waals surface area contributed by atoms with E-state index >= 15 is 0 Å². The first-order valence-electron chi connectivity index (χ1n) is 5.94. The predicted octanol–water partition coefficient (Wildman–Crippen LogP) is 0.441. The highest BCUT2D eigenvalue weighted by molar-refractivity contribution is 4.95. The van der Waals surface area contributed by atoms with Crippen molar-refractivity contribution >= 4 is 0 Å². The van der Waals surface area contributed by atoms with Gasteiger partial charge in [0.25, 0.3) is 0 Å². The van der Waals surface area contributed by atoms with Gasteiger partial charge >= 0.3 is 0 Å². The molecule has 1 aliphatic carbocycles. The zero-order valence-corrected chi connectivity index (χ0v) is 9.08. The molecule has 3 heteroatoms. The molecule has 0 spiro atoms. The van der Waals surface area contributed by atoms with Gasteiger partial charge in [-0.3, -0.25) is 4.90 Å². The fourth-order valence-corrected chi connectivity index (χ4v) is 2.66. The Labute approximate surface area is 86.5 Å². The van der Waals surface area contributed by atoms with Crippen molar-refractivity contribution in [2.24, 2.45) is 5.92 Å². The van der Waals surface area contributed by atoms with Gasteiger partial charge in [0.2, 0.25) is 0 Å². The molecule has 2 unspecified atom stereocenters. The second-order valence-electron chi connectivity index (χ2n) is 4.59. The Morgan fingerprint density at radius 1 is 1.36 bits per heavy atom. The molecule has 2 aliphatic rings. The van der Waals surface area contributed by atoms with Crippen molar-refractivity contribution in [2.75, 3.05) is 26.2 Å². The molecule has 0 amide bonds. The van der Waals surface area contributed by atoms with Gasteiger partial charge in [0.15, 0.2) is 0 Å². The largest absolute Gasteiger partial charge is 0.395 e. The molecule has 0 aromatic carbocycles. The van der Waals surface area contributed by atoms with E-state index in [0.29, 0.717) is 12.6 Å². The zero-order valence-electron chi connectivity index (χ0n) is 9.08. The molecule has 2 N–H and O–H groups in total. The van der Waals surface area contributed by atoms with Gasteiger partial charge in [0, 0.05) is 25.2 Å². The quantitative estimate of drug-likeness (QED) is 0.673. The number of nitrogens with one attached hydrogen (secondary N) is 1. The van der Waals surface area contributed by atoms with Crippen LogP contribution >= 0.6 is 0 Å². The maximum Gasteiger partial charge on any atom is 0.0558 e. The summed E-state index contributed by atoms with van der Waals surface area (Å²) in [5.41, 5.74) is 0. The summed E-state index contributed by atoms with van der Waals surface area (Å²) in [5, 5.41) is 12.5. The van der Waals surface area contributed by atoms with Gasteiger partial charge in [-0.05, 0) is 25.3 Å². The van der Waals surface area contributed by atoms with Gasteiger partial charge in [-0.15, -0.1) is 0 Å². The van der Waals surface area contributed by atoms with E-state index in [2.05, 4.69) is 17.1 Å². The Morgan fingerprint density at radius 3 is 2.71 bits per heavy atom. The van der Waals surface area contributed by atoms with E-state index in [-0.39, 0.29) is 0 Å². The summed E-state index contributed by atoms with van der Waals surface area (Å²) in [6.07, 6.45) is 3.94. The lowest BCUT2D eigenvalue weighted by atomic mass is 9.99. The standard InChI is InChI=1S/C11H22N2O/c1-2-9-7-12-8-11(9)13(5-6-14)10-3-4-10/h9-12,14H,2-8H2,1H3. The van der Waals surface area contributed by atoms with Crippen molar-refractivity contribution in [2.45, 2.75) is 38.3 Å². The molecule has 1 saturated heterocycles. The van der Waals surface area contributed by atoms with Crippen molar-refractivity contribution in [3.05, 3.63) is 0 Å². The molecule has 0 bridgehead atoms. The third-order valence-corrected chi connectivity index (χ3v) is 3.63. The normalized spacial score (nSPS) is 32.8. The van der Waals surface area contributed by atoms with Crippen LogP contribution in [0.2, 0.25) is 0 Å². The van der Waals surface area contributed by atoms with Gasteiger partial charge in [-0.25, -0.2) is 0 Å². The molecular formula is C11H22N2O. The van der Waals surface area contributed by atoms with Crippen LogP contribution in [0.1, 0.15) is 26.2 Å². The summed E-state index contributed by atoms with van der Waals surface area (Å²) in [7, 11) is 0. The van der Waals surface area contributed by atoms with Crippen LogP contribution in [0, 0.1) is 5.92 Å². The van der Waals surface area contributed by atoms with Gasteiger partial charge in [-0.1, -0.05) is 13.3 Å². The Kier molecular flexibility index (Phi) is 3.42. The number of hydrogen-bond donors (Lipinski definition) is 2. The maximum atomic E-state index is 9.07. The van der Waals surface area contributed by atoms with E-state index in [1.165, 1.54) is 19.3 Å². The van der Waals surface area contributed by atoms with Gasteiger partial charge in [0.1, 0.15) is 0 Å². The summed E-state index contributed by atoms with van der Waals surface area (Å²) < 4.78 is 0. The van der Waals surface area contributed by atoms with E-state index in [4.69, 9.17) is 5.11 Å². The summed E-state index contributed by atoms with van der Waals surface area (Å²) in [5.74, 6) is 0.794. The average molecular weight is 198 g/mol. The molecule has 0 radical (unpaired) electrons. The topological polar surface area (TPSA) is 35.5 Å². The third-order valence-electron chi connectivity index (χ3n) is 3.63. The highest BCUT2D eigenvalue weighted by atomic mass is 16.3. The van der Waals surface area contributed by atoms with Crippen LogP contribution in [0.15, 0.2) is 0 Å². The molecule has 1 heterocycles. The maximum absolute atomic E-state index is 9.07. The number of rotatable bonds is 5. The Morgan fingerprint density at radius 2 is 2.14 bits per heavy atom. The fourth-order valence-electron chi connectivity index (χ4n) is 2.66. The molecule has 3 nitrogen and oxygen atoms in total. The minimum Gasteiger partial charge on any atom is -0.395 e. The highest BCUT2D eigenvalue weighted by Gasteiger charge is 2.38. The molecule has 2 rings (SSSR count). The number of aliphatic hydroxyl groups is 1. The van der Waals surface area contributed by atoms with E-state index < -0.39 is 0 Å². The average Bonchev–Trinajstić information content (AvgIpc) is 2.92. The molecule has 2 fully saturated rings. The summed E-state index contributed by atoms with van der Waals surface area (Å²) in [6.45, 7) is 5.73. The van der Waals surface area contributed by atoms with Crippen molar-refractivity contribution in [3.63, 3.8) is 0 Å². The number of hydrogen-bond acceptors (Lipinski definition) is 3. The number of aliphatic hydroxyl groups excluding tert-OH is 1. The Bertz CT molecular complexity index is 182. The Balaban J connectivity index is 1.94. The fraction of sp³-hybridized carbons (Fsp3) is 1.00. The Hall–Kier alpha value is -0.120. The molecule has 82 valence electrons. The van der Waals surface area contributed by atoms with E-state index in [1.807, 2.05) is 0 Å². The molecule has 14 heavy (non-hydrogen) atoms. The monoisotopic (exact) mass is 198 g/mol. The van der Waals surface area contributed by atoms with Gasteiger partial charge in [0.05, 0.1) is 6.61 Å². The molecule has 0 aromatic heterocycles. The van der Waals surface area contributed by atoms with Crippen LogP contribution in [0.4, 0.5) is 0 Å². The van der Waals surface area contributed by atoms with Crippen molar-refractivity contribution in [1.29, 1.82) is 0 Å². The van der Waals surface area contributed by atoms with Crippen LogP contribution in [0.3, 0.4) is 0 Å². The zero-order chi connectivity index (χ0) is 9.97. The molecule has 1 aliphatic heterocycles. The molecule has 2 atom stereocenters. The second kappa shape index (κ2) is 4.60. The smallest absolute Gasteiger partial charge is 0.0558 e. The molecule has 0 aromatic rings. The van der Waals surface area contributed by atoms with Gasteiger partial charge < -0.3 is 10.4 Å². The van der Waals surface area contributed by atoms with E-state index in [1.54, 1.807) is 0 Å². The lowest BCUT2D eigenvalue weighted by Gasteiger charge is -2.31. The molecular weight excluding hydrogens is 176 g/mol. The van der Waals surface area contributed by atoms with Crippen LogP contribution in [0.25, 0.3) is 0 Å². The SMILES string of the molecule is CCC1CNCC1N(CCO)C1CC1. The summed E-state index contributed by atoms with van der Waals surface area (Å²) in [4.78, 5) is 2.54. The van der Waals surface area contributed by atoms with Crippen molar-refractivity contribution in [3.8, 4) is 0 Å². The van der Waals surface area contributed by atoms with E-state index in [9.17, 15) is 0 Å². The van der Waals surface area contributed by atoms with Crippen LogP contribution < -0.4 is 5.32 Å². The minimum atomic E-state index is 0.309. The van der Waals surface area contributed by atoms with Crippen LogP contribution in [-0.4, -0.2) is 48.3 Å². The second-order valence-corrected chi connectivity index (χ2v) is 4.59. The third kappa shape index (κ3) is 2.10. The molecule has 1 saturated carbocycles. The summed E-state index contributed by atoms with van der Waals surface area (Å²) in [6, 6.07) is 1.46. The van der Waals surface area contributed by atoms with Crippen molar-refractivity contribution < 1.29 is 5.11 Å². The van der Waals surface area contributed by atoms with Crippen LogP contribution in [-0.2, 0) is 0 Å². The van der Waals surface area contributed by atoms with Crippen LogP contribution in [0.5, 0.6) is 0 Å². The van der Waals surface area contributed by atoms with Crippen molar-refractivity contribution in [1.82, 2.24) is 10.2 Å². The first kappa shape index (κ1) is 10.4. The number of nitrogens with zero attached hydrogens (tertiary/aromatic N) is 1. The highest BCUT2D eigenvalue weighted by Crippen LogP contribution is 2.32. The summed E-state index contributed by atoms with van der Waals surface area (Å²) >= 11 is 0.